The summed E-state index contributed by atoms with van der Waals surface area (Å²) in [7, 11) is 3.62. The predicted octanol–water partition coefficient (Wildman–Crippen LogP) is 1.53. The van der Waals surface area contributed by atoms with Crippen LogP contribution >= 0.6 is 24.0 Å². The summed E-state index contributed by atoms with van der Waals surface area (Å²) in [5.41, 5.74) is 0.358. The Hall–Kier alpha value is -0.610. The molecule has 1 aliphatic heterocycles. The lowest BCUT2D eigenvalue weighted by Crippen LogP contribution is -2.50. The van der Waals surface area contributed by atoms with Gasteiger partial charge in [-0.05, 0) is 24.7 Å². The van der Waals surface area contributed by atoms with Crippen molar-refractivity contribution in [2.75, 3.05) is 66.6 Å². The first-order valence-corrected chi connectivity index (χ1v) is 10.00. The molecule has 0 bridgehead atoms. The number of amides is 1. The summed E-state index contributed by atoms with van der Waals surface area (Å²) in [4.78, 5) is 20.1. The zero-order valence-corrected chi connectivity index (χ0v) is 19.6. The largest absolute Gasteiger partial charge is 0.385 e. The van der Waals surface area contributed by atoms with E-state index in [1.165, 1.54) is 25.7 Å². The molecule has 1 saturated heterocycles. The molecule has 0 spiro atoms. The van der Waals surface area contributed by atoms with Crippen LogP contribution in [0, 0.1) is 5.41 Å². The molecular formula is C19H38IN5O2. The van der Waals surface area contributed by atoms with Gasteiger partial charge in [0.25, 0.3) is 0 Å². The zero-order valence-electron chi connectivity index (χ0n) is 17.3. The topological polar surface area (TPSA) is 69.2 Å². The van der Waals surface area contributed by atoms with Gasteiger partial charge in [0, 0.05) is 73.5 Å². The molecule has 1 aliphatic carbocycles. The molecule has 0 unspecified atom stereocenters. The van der Waals surface area contributed by atoms with Crippen molar-refractivity contribution in [2.45, 2.75) is 39.0 Å². The standard InChI is InChI=1S/C19H37N5O2.HI/c1-17(25)24-13-11-23(12-14-24)10-9-21-18(20-2)22-16-19(8-15-26-3)6-4-5-7-19;/h4-16H2,1-3H3,(H2,20,21,22);1H. The second kappa shape index (κ2) is 12.8. The Morgan fingerprint density at radius 2 is 1.81 bits per heavy atom. The van der Waals surface area contributed by atoms with Crippen LogP contribution in [0.1, 0.15) is 39.0 Å². The number of nitrogens with one attached hydrogen (secondary N) is 2. The number of hydrogen-bond donors (Lipinski definition) is 2. The van der Waals surface area contributed by atoms with Crippen LogP contribution in [0.4, 0.5) is 0 Å². The minimum Gasteiger partial charge on any atom is -0.385 e. The summed E-state index contributed by atoms with van der Waals surface area (Å²) in [5.74, 6) is 1.07. The van der Waals surface area contributed by atoms with Gasteiger partial charge in [-0.3, -0.25) is 14.7 Å². The SMILES string of the molecule is CN=C(NCCN1CCN(C(C)=O)CC1)NCC1(CCOC)CCCC1.I. The molecule has 27 heavy (non-hydrogen) atoms. The molecule has 1 saturated carbocycles. The predicted molar refractivity (Wildman–Crippen MR) is 121 cm³/mol. The molecular weight excluding hydrogens is 457 g/mol. The van der Waals surface area contributed by atoms with Crippen molar-refractivity contribution in [1.29, 1.82) is 0 Å². The van der Waals surface area contributed by atoms with Crippen molar-refractivity contribution >= 4 is 35.8 Å². The highest BCUT2D eigenvalue weighted by molar-refractivity contribution is 14.0. The van der Waals surface area contributed by atoms with Crippen LogP contribution in [0.2, 0.25) is 0 Å². The fourth-order valence-corrected chi connectivity index (χ4v) is 4.07. The molecule has 7 nitrogen and oxygen atoms in total. The Morgan fingerprint density at radius 1 is 1.15 bits per heavy atom. The van der Waals surface area contributed by atoms with E-state index in [1.807, 2.05) is 11.9 Å². The van der Waals surface area contributed by atoms with Gasteiger partial charge in [0.1, 0.15) is 0 Å². The van der Waals surface area contributed by atoms with Crippen molar-refractivity contribution in [3.8, 4) is 0 Å². The second-order valence-corrected chi connectivity index (χ2v) is 7.65. The van der Waals surface area contributed by atoms with E-state index in [4.69, 9.17) is 4.74 Å². The third kappa shape index (κ3) is 8.11. The fraction of sp³-hybridized carbons (Fsp3) is 0.895. The Morgan fingerprint density at radius 3 is 2.37 bits per heavy atom. The first-order chi connectivity index (χ1) is 12.6. The number of carbonyl (C=O) groups excluding carboxylic acids is 1. The molecule has 0 aromatic rings. The van der Waals surface area contributed by atoms with Crippen LogP contribution in [0.15, 0.2) is 4.99 Å². The number of hydrogen-bond acceptors (Lipinski definition) is 4. The lowest BCUT2D eigenvalue weighted by atomic mass is 9.83. The second-order valence-electron chi connectivity index (χ2n) is 7.65. The van der Waals surface area contributed by atoms with E-state index in [-0.39, 0.29) is 29.9 Å². The molecule has 2 rings (SSSR count). The van der Waals surface area contributed by atoms with E-state index >= 15 is 0 Å². The number of carbonyl (C=O) groups is 1. The van der Waals surface area contributed by atoms with Gasteiger partial charge in [-0.2, -0.15) is 0 Å². The maximum atomic E-state index is 11.4. The van der Waals surface area contributed by atoms with E-state index in [9.17, 15) is 4.79 Å². The number of aliphatic imine (C=N–C) groups is 1. The number of rotatable bonds is 8. The minimum absolute atomic E-state index is 0. The maximum absolute atomic E-state index is 11.4. The van der Waals surface area contributed by atoms with E-state index in [0.717, 1.165) is 64.8 Å². The number of piperazine rings is 1. The summed E-state index contributed by atoms with van der Waals surface area (Å²) in [5, 5.41) is 6.97. The number of guanidine groups is 1. The van der Waals surface area contributed by atoms with Gasteiger partial charge < -0.3 is 20.3 Å². The highest BCUT2D eigenvalue weighted by atomic mass is 127. The van der Waals surface area contributed by atoms with Crippen molar-refractivity contribution < 1.29 is 9.53 Å². The lowest BCUT2D eigenvalue weighted by molar-refractivity contribution is -0.130. The number of methoxy groups -OCH3 is 1. The summed E-state index contributed by atoms with van der Waals surface area (Å²) in [6.07, 6.45) is 6.32. The zero-order chi connectivity index (χ0) is 18.8. The average Bonchev–Trinajstić information content (AvgIpc) is 3.12. The molecule has 8 heteroatoms. The summed E-state index contributed by atoms with van der Waals surface area (Å²) < 4.78 is 5.31. The molecule has 0 aromatic heterocycles. The van der Waals surface area contributed by atoms with Gasteiger partial charge in [-0.15, -0.1) is 24.0 Å². The molecule has 2 N–H and O–H groups in total. The molecule has 0 radical (unpaired) electrons. The van der Waals surface area contributed by atoms with Crippen molar-refractivity contribution in [3.63, 3.8) is 0 Å². The molecule has 1 heterocycles. The summed E-state index contributed by atoms with van der Waals surface area (Å²) >= 11 is 0. The number of ether oxygens (including phenoxy) is 1. The first-order valence-electron chi connectivity index (χ1n) is 10.00. The minimum atomic E-state index is 0. The van der Waals surface area contributed by atoms with E-state index in [2.05, 4.69) is 20.5 Å². The number of halogens is 1. The molecule has 0 aromatic carbocycles. The van der Waals surface area contributed by atoms with E-state index in [1.54, 1.807) is 14.0 Å². The third-order valence-corrected chi connectivity index (χ3v) is 5.89. The monoisotopic (exact) mass is 495 g/mol. The van der Waals surface area contributed by atoms with Crippen LogP contribution in [-0.4, -0.2) is 88.2 Å². The average molecular weight is 495 g/mol. The van der Waals surface area contributed by atoms with Crippen LogP contribution in [0.25, 0.3) is 0 Å². The van der Waals surface area contributed by atoms with Crippen LogP contribution in [-0.2, 0) is 9.53 Å². The first kappa shape index (κ1) is 24.4. The Kier molecular flexibility index (Phi) is 11.6. The highest BCUT2D eigenvalue weighted by Gasteiger charge is 2.33. The lowest BCUT2D eigenvalue weighted by Gasteiger charge is -2.34. The van der Waals surface area contributed by atoms with Crippen molar-refractivity contribution in [3.05, 3.63) is 0 Å². The molecule has 2 aliphatic rings. The number of nitrogens with zero attached hydrogens (tertiary/aromatic N) is 3. The van der Waals surface area contributed by atoms with Gasteiger partial charge >= 0.3 is 0 Å². The van der Waals surface area contributed by atoms with Gasteiger partial charge in [0.2, 0.25) is 5.91 Å². The quantitative estimate of drug-likeness (QED) is 0.304. The van der Waals surface area contributed by atoms with E-state index in [0.29, 0.717) is 5.41 Å². The molecule has 158 valence electrons. The normalized spacial score (nSPS) is 20.3. The van der Waals surface area contributed by atoms with Crippen LogP contribution in [0.3, 0.4) is 0 Å². The van der Waals surface area contributed by atoms with Crippen molar-refractivity contribution in [1.82, 2.24) is 20.4 Å². The molecule has 2 fully saturated rings. The summed E-state index contributed by atoms with van der Waals surface area (Å²) in [6, 6.07) is 0. The third-order valence-electron chi connectivity index (χ3n) is 5.89. The van der Waals surface area contributed by atoms with Gasteiger partial charge in [0.15, 0.2) is 5.96 Å². The smallest absolute Gasteiger partial charge is 0.219 e. The van der Waals surface area contributed by atoms with Gasteiger partial charge in [-0.1, -0.05) is 12.8 Å². The highest BCUT2D eigenvalue weighted by Crippen LogP contribution is 2.40. The van der Waals surface area contributed by atoms with E-state index < -0.39 is 0 Å². The van der Waals surface area contributed by atoms with Crippen LogP contribution < -0.4 is 10.6 Å². The fourth-order valence-electron chi connectivity index (χ4n) is 4.07. The molecule has 1 amide bonds. The van der Waals surface area contributed by atoms with Gasteiger partial charge in [0.05, 0.1) is 0 Å². The Bertz CT molecular complexity index is 461. The van der Waals surface area contributed by atoms with Crippen LogP contribution in [0.5, 0.6) is 0 Å². The molecule has 0 atom stereocenters. The maximum Gasteiger partial charge on any atom is 0.219 e. The summed E-state index contributed by atoms with van der Waals surface area (Å²) in [6.45, 7) is 8.87. The Balaban J connectivity index is 0.00000364. The van der Waals surface area contributed by atoms with Crippen molar-refractivity contribution in [2.24, 2.45) is 10.4 Å². The van der Waals surface area contributed by atoms with Gasteiger partial charge in [-0.25, -0.2) is 0 Å². The Labute approximate surface area is 181 Å².